The molecule has 2 aromatic carbocycles. The van der Waals surface area contributed by atoms with E-state index in [9.17, 15) is 14.9 Å². The molecular weight excluding hydrogens is 451 g/mol. The molecular formula is C22H22Cl2N6O2. The first-order valence-electron chi connectivity index (χ1n) is 9.94. The molecule has 8 nitrogen and oxygen atoms in total. The average Bonchev–Trinajstić information content (AvgIpc) is 3.28. The first-order chi connectivity index (χ1) is 15.4. The zero-order valence-electron chi connectivity index (χ0n) is 17.3. The van der Waals surface area contributed by atoms with E-state index in [1.807, 2.05) is 31.2 Å². The Morgan fingerprint density at radius 3 is 2.59 bits per heavy atom. The van der Waals surface area contributed by atoms with Gasteiger partial charge in [-0.3, -0.25) is 20.0 Å². The lowest BCUT2D eigenvalue weighted by molar-refractivity contribution is -0.118. The maximum Gasteiger partial charge on any atom is 0.271 e. The Balaban J connectivity index is 1.51. The number of aryl methyl sites for hydroxylation is 1. The van der Waals surface area contributed by atoms with Crippen LogP contribution >= 0.6 is 23.2 Å². The van der Waals surface area contributed by atoms with Crippen LogP contribution in [0.3, 0.4) is 0 Å². The predicted molar refractivity (Wildman–Crippen MR) is 122 cm³/mol. The fraction of sp³-hybridized carbons (Fsp3) is 0.227. The molecule has 0 radical (unpaired) electrons. The molecule has 4 N–H and O–H groups in total. The zero-order valence-corrected chi connectivity index (χ0v) is 18.8. The molecule has 0 saturated carbocycles. The topological polar surface area (TPSA) is 109 Å². The number of amides is 2. The van der Waals surface area contributed by atoms with Gasteiger partial charge in [0, 0.05) is 17.8 Å². The van der Waals surface area contributed by atoms with Crippen molar-refractivity contribution in [1.29, 1.82) is 5.26 Å². The number of nitrogens with zero attached hydrogens (tertiary/aromatic N) is 2. The summed E-state index contributed by atoms with van der Waals surface area (Å²) in [4.78, 5) is 24.8. The summed E-state index contributed by atoms with van der Waals surface area (Å²) in [6.07, 6.45) is 2.46. The van der Waals surface area contributed by atoms with Gasteiger partial charge < -0.3 is 10.6 Å². The molecule has 0 fully saturated rings. The van der Waals surface area contributed by atoms with Crippen molar-refractivity contribution in [3.05, 3.63) is 81.1 Å². The largest absolute Gasteiger partial charge is 0.350 e. The van der Waals surface area contributed by atoms with Gasteiger partial charge in [0.15, 0.2) is 0 Å². The van der Waals surface area contributed by atoms with Gasteiger partial charge in [0.1, 0.15) is 11.7 Å². The lowest BCUT2D eigenvalue weighted by atomic mass is 10.0. The number of benzene rings is 2. The molecule has 1 aliphatic heterocycles. The van der Waals surface area contributed by atoms with Crippen LogP contribution in [0.25, 0.3) is 0 Å². The minimum absolute atomic E-state index is 0.250. The molecule has 0 aromatic heterocycles. The van der Waals surface area contributed by atoms with Gasteiger partial charge in [-0.25, -0.2) is 0 Å². The Morgan fingerprint density at radius 2 is 1.91 bits per heavy atom. The van der Waals surface area contributed by atoms with Crippen molar-refractivity contribution >= 4 is 35.0 Å². The second kappa shape index (κ2) is 10.9. The third kappa shape index (κ3) is 5.92. The Morgan fingerprint density at radius 1 is 1.16 bits per heavy atom. The van der Waals surface area contributed by atoms with Crippen LogP contribution in [-0.2, 0) is 11.2 Å². The zero-order chi connectivity index (χ0) is 23.1. The molecule has 0 aliphatic carbocycles. The van der Waals surface area contributed by atoms with E-state index in [0.717, 1.165) is 12.0 Å². The van der Waals surface area contributed by atoms with Crippen LogP contribution in [0.4, 0.5) is 0 Å². The standard InChI is InChI=1S/C22H22Cl2N6O2/c1-2-14-3-5-15(6-4-14)19(12-25)27-22(32)20-13-30(29-28-20)10-9-26-21(31)17-11-16(23)7-8-18(17)24/h3-8,11,13,19,28-29H,2,9-10H2,1H3,(H,26,31)(H,27,32). The maximum atomic E-state index is 12.5. The number of hydrazine groups is 2. The lowest BCUT2D eigenvalue weighted by Crippen LogP contribution is -2.42. The number of carbonyl (C=O) groups excluding carboxylic acids is 2. The molecule has 3 rings (SSSR count). The van der Waals surface area contributed by atoms with Crippen molar-refractivity contribution < 1.29 is 9.59 Å². The number of nitriles is 1. The van der Waals surface area contributed by atoms with Gasteiger partial charge in [-0.15, -0.1) is 5.53 Å². The number of hydrogen-bond donors (Lipinski definition) is 4. The van der Waals surface area contributed by atoms with Gasteiger partial charge in [0.25, 0.3) is 11.8 Å². The van der Waals surface area contributed by atoms with Gasteiger partial charge >= 0.3 is 0 Å². The maximum absolute atomic E-state index is 12.5. The second-order valence-electron chi connectivity index (χ2n) is 6.98. The Labute approximate surface area is 196 Å². The third-order valence-corrected chi connectivity index (χ3v) is 5.37. The molecule has 1 heterocycles. The fourth-order valence-electron chi connectivity index (χ4n) is 2.99. The van der Waals surface area contributed by atoms with Crippen molar-refractivity contribution in [1.82, 2.24) is 26.6 Å². The quantitative estimate of drug-likeness (QED) is 0.470. The highest BCUT2D eigenvalue weighted by Gasteiger charge is 2.21. The van der Waals surface area contributed by atoms with Gasteiger partial charge in [0.2, 0.25) is 0 Å². The summed E-state index contributed by atoms with van der Waals surface area (Å²) in [7, 11) is 0. The van der Waals surface area contributed by atoms with Crippen molar-refractivity contribution in [3.63, 3.8) is 0 Å². The number of nitrogens with one attached hydrogen (secondary N) is 4. The lowest BCUT2D eigenvalue weighted by Gasteiger charge is -2.15. The highest BCUT2D eigenvalue weighted by Crippen LogP contribution is 2.20. The fourth-order valence-corrected chi connectivity index (χ4v) is 3.37. The van der Waals surface area contributed by atoms with E-state index in [4.69, 9.17) is 23.2 Å². The van der Waals surface area contributed by atoms with Crippen LogP contribution in [0.15, 0.2) is 54.4 Å². The number of rotatable bonds is 8. The van der Waals surface area contributed by atoms with Gasteiger partial charge in [-0.05, 0) is 35.7 Å². The first kappa shape index (κ1) is 23.4. The van der Waals surface area contributed by atoms with Crippen LogP contribution < -0.4 is 21.6 Å². The minimum atomic E-state index is -0.771. The third-order valence-electron chi connectivity index (χ3n) is 4.80. The van der Waals surface area contributed by atoms with E-state index in [0.29, 0.717) is 22.2 Å². The summed E-state index contributed by atoms with van der Waals surface area (Å²) in [5.74, 6) is -0.779. The molecule has 0 bridgehead atoms. The van der Waals surface area contributed by atoms with E-state index in [2.05, 4.69) is 27.7 Å². The highest BCUT2D eigenvalue weighted by molar-refractivity contribution is 6.35. The summed E-state index contributed by atoms with van der Waals surface area (Å²) < 4.78 is 0. The molecule has 1 atom stereocenters. The monoisotopic (exact) mass is 472 g/mol. The number of carbonyl (C=O) groups is 2. The Kier molecular flexibility index (Phi) is 7.95. The van der Waals surface area contributed by atoms with Gasteiger partial charge in [0.05, 0.1) is 23.2 Å². The van der Waals surface area contributed by atoms with Gasteiger partial charge in [-0.2, -0.15) is 5.26 Å². The van der Waals surface area contributed by atoms with Crippen LogP contribution in [-0.4, -0.2) is 29.9 Å². The molecule has 0 saturated heterocycles. The van der Waals surface area contributed by atoms with Crippen molar-refractivity contribution in [2.45, 2.75) is 19.4 Å². The van der Waals surface area contributed by atoms with Crippen LogP contribution in [0.5, 0.6) is 0 Å². The molecule has 2 amide bonds. The molecule has 166 valence electrons. The molecule has 2 aromatic rings. The summed E-state index contributed by atoms with van der Waals surface area (Å²) >= 11 is 11.9. The summed E-state index contributed by atoms with van der Waals surface area (Å²) in [6.45, 7) is 2.70. The van der Waals surface area contributed by atoms with E-state index < -0.39 is 11.9 Å². The summed E-state index contributed by atoms with van der Waals surface area (Å²) in [6, 6.07) is 13.5. The normalized spacial score (nSPS) is 13.6. The first-order valence-corrected chi connectivity index (χ1v) is 10.7. The van der Waals surface area contributed by atoms with Crippen LogP contribution in [0.2, 0.25) is 10.0 Å². The van der Waals surface area contributed by atoms with Crippen LogP contribution in [0, 0.1) is 11.3 Å². The van der Waals surface area contributed by atoms with Crippen LogP contribution in [0.1, 0.15) is 34.5 Å². The van der Waals surface area contributed by atoms with E-state index in [1.54, 1.807) is 23.3 Å². The van der Waals surface area contributed by atoms with Crippen molar-refractivity contribution in [2.24, 2.45) is 0 Å². The summed E-state index contributed by atoms with van der Waals surface area (Å²) in [5, 5.41) is 17.2. The Hall–Kier alpha value is -3.25. The van der Waals surface area contributed by atoms with Crippen molar-refractivity contribution in [2.75, 3.05) is 13.1 Å². The highest BCUT2D eigenvalue weighted by atomic mass is 35.5. The van der Waals surface area contributed by atoms with Gasteiger partial charge in [-0.1, -0.05) is 54.4 Å². The molecule has 32 heavy (non-hydrogen) atoms. The van der Waals surface area contributed by atoms with Crippen molar-refractivity contribution in [3.8, 4) is 6.07 Å². The molecule has 1 unspecified atom stereocenters. The van der Waals surface area contributed by atoms with E-state index in [1.165, 1.54) is 6.07 Å². The smallest absolute Gasteiger partial charge is 0.271 e. The van der Waals surface area contributed by atoms with E-state index in [-0.39, 0.29) is 23.7 Å². The minimum Gasteiger partial charge on any atom is -0.350 e. The second-order valence-corrected chi connectivity index (χ2v) is 7.83. The van der Waals surface area contributed by atoms with E-state index >= 15 is 0 Å². The predicted octanol–water partition coefficient (Wildman–Crippen LogP) is 2.83. The average molecular weight is 473 g/mol. The summed E-state index contributed by atoms with van der Waals surface area (Å²) in [5.41, 5.74) is 7.98. The SMILES string of the molecule is CCc1ccc(C(C#N)NC(=O)C2=CN(CCNC(=O)c3cc(Cl)ccc3Cl)NN2)cc1. The number of hydrogen-bond acceptors (Lipinski definition) is 6. The molecule has 1 aliphatic rings. The number of halogens is 2. The molecule has 0 spiro atoms. The molecule has 10 heteroatoms. The Bertz CT molecular complexity index is 1070.